The molecule has 0 N–H and O–H groups in total. The molecule has 0 fully saturated rings. The molecule has 0 aliphatic heterocycles. The van der Waals surface area contributed by atoms with Crippen molar-refractivity contribution in [1.82, 2.24) is 0 Å². The summed E-state index contributed by atoms with van der Waals surface area (Å²) in [6.07, 6.45) is 1.00. The van der Waals surface area contributed by atoms with Gasteiger partial charge in [-0.3, -0.25) is 0 Å². The summed E-state index contributed by atoms with van der Waals surface area (Å²) >= 11 is 8.10. The summed E-state index contributed by atoms with van der Waals surface area (Å²) in [7, 11) is 1.45. The standard InChI is InChI=1S/C14H14ClFOS/c1-3-10-5-7-13(18-10)14(15)9-4-6-11(16)12(8-9)17-2/h4-8,14H,3H2,1-2H3. The second-order valence-electron chi connectivity index (χ2n) is 3.91. The molecular weight excluding hydrogens is 271 g/mol. The molecule has 1 aromatic carbocycles. The van der Waals surface area contributed by atoms with Gasteiger partial charge in [0.05, 0.1) is 12.5 Å². The Morgan fingerprint density at radius 3 is 2.72 bits per heavy atom. The van der Waals surface area contributed by atoms with Crippen molar-refractivity contribution in [2.24, 2.45) is 0 Å². The van der Waals surface area contributed by atoms with Gasteiger partial charge >= 0.3 is 0 Å². The van der Waals surface area contributed by atoms with Gasteiger partial charge in [-0.1, -0.05) is 13.0 Å². The molecule has 96 valence electrons. The molecule has 0 spiro atoms. The molecule has 1 aromatic heterocycles. The van der Waals surface area contributed by atoms with Crippen LogP contribution in [0, 0.1) is 5.82 Å². The van der Waals surface area contributed by atoms with Crippen molar-refractivity contribution in [2.75, 3.05) is 7.11 Å². The Morgan fingerprint density at radius 2 is 2.11 bits per heavy atom. The number of alkyl halides is 1. The van der Waals surface area contributed by atoms with Gasteiger partial charge < -0.3 is 4.74 Å². The largest absolute Gasteiger partial charge is 0.494 e. The van der Waals surface area contributed by atoms with Crippen molar-refractivity contribution in [3.63, 3.8) is 0 Å². The maximum absolute atomic E-state index is 13.3. The van der Waals surface area contributed by atoms with E-state index in [9.17, 15) is 4.39 Å². The zero-order valence-corrected chi connectivity index (χ0v) is 11.8. The third-order valence-electron chi connectivity index (χ3n) is 2.75. The van der Waals surface area contributed by atoms with Crippen molar-refractivity contribution in [1.29, 1.82) is 0 Å². The molecule has 0 aliphatic rings. The first-order valence-electron chi connectivity index (χ1n) is 5.71. The predicted octanol–water partition coefficient (Wildman–Crippen LogP) is 4.79. The lowest BCUT2D eigenvalue weighted by Crippen LogP contribution is -1.94. The summed E-state index contributed by atoms with van der Waals surface area (Å²) in [5, 5.41) is -0.259. The number of hydrogen-bond donors (Lipinski definition) is 0. The molecule has 0 radical (unpaired) electrons. The molecule has 1 nitrogen and oxygen atoms in total. The molecule has 0 bridgehead atoms. The fraction of sp³-hybridized carbons (Fsp3) is 0.286. The van der Waals surface area contributed by atoms with Crippen LogP contribution < -0.4 is 4.74 Å². The molecule has 1 heterocycles. The SMILES string of the molecule is CCc1ccc(C(Cl)c2ccc(F)c(OC)c2)s1. The predicted molar refractivity (Wildman–Crippen MR) is 74.3 cm³/mol. The van der Waals surface area contributed by atoms with E-state index in [-0.39, 0.29) is 16.9 Å². The Hall–Kier alpha value is -1.06. The highest BCUT2D eigenvalue weighted by molar-refractivity contribution is 7.12. The highest BCUT2D eigenvalue weighted by Gasteiger charge is 2.15. The van der Waals surface area contributed by atoms with E-state index in [1.807, 2.05) is 6.07 Å². The van der Waals surface area contributed by atoms with Crippen LogP contribution in [0.4, 0.5) is 4.39 Å². The second kappa shape index (κ2) is 5.72. The lowest BCUT2D eigenvalue weighted by molar-refractivity contribution is 0.386. The maximum Gasteiger partial charge on any atom is 0.165 e. The fourth-order valence-electron chi connectivity index (χ4n) is 1.72. The molecule has 4 heteroatoms. The first kappa shape index (κ1) is 13.4. The number of thiophene rings is 1. The van der Waals surface area contributed by atoms with Crippen molar-refractivity contribution in [3.8, 4) is 5.75 Å². The van der Waals surface area contributed by atoms with Gasteiger partial charge in [-0.05, 0) is 36.2 Å². The van der Waals surface area contributed by atoms with E-state index in [1.165, 1.54) is 18.1 Å². The van der Waals surface area contributed by atoms with Gasteiger partial charge in [-0.2, -0.15) is 0 Å². The Bertz CT molecular complexity index is 538. The summed E-state index contributed by atoms with van der Waals surface area (Å²) in [5.74, 6) is -0.143. The van der Waals surface area contributed by atoms with Gasteiger partial charge in [0, 0.05) is 9.75 Å². The number of benzene rings is 1. The first-order chi connectivity index (χ1) is 8.65. The average molecular weight is 285 g/mol. The number of hydrogen-bond acceptors (Lipinski definition) is 2. The van der Waals surface area contributed by atoms with Crippen LogP contribution in [-0.4, -0.2) is 7.11 Å². The topological polar surface area (TPSA) is 9.23 Å². The van der Waals surface area contributed by atoms with E-state index in [1.54, 1.807) is 23.5 Å². The molecular formula is C14H14ClFOS. The summed E-state index contributed by atoms with van der Waals surface area (Å²) in [6.45, 7) is 2.11. The van der Waals surface area contributed by atoms with E-state index in [0.717, 1.165) is 16.9 Å². The highest BCUT2D eigenvalue weighted by Crippen LogP contribution is 2.35. The number of ether oxygens (including phenoxy) is 1. The third-order valence-corrected chi connectivity index (χ3v) is 4.66. The Balaban J connectivity index is 2.30. The molecule has 0 aliphatic carbocycles. The van der Waals surface area contributed by atoms with Crippen LogP contribution in [0.1, 0.15) is 27.6 Å². The summed E-state index contributed by atoms with van der Waals surface area (Å²) < 4.78 is 18.3. The normalized spacial score (nSPS) is 12.4. The Morgan fingerprint density at radius 1 is 1.33 bits per heavy atom. The van der Waals surface area contributed by atoms with Crippen molar-refractivity contribution >= 4 is 22.9 Å². The van der Waals surface area contributed by atoms with Crippen LogP contribution in [0.5, 0.6) is 5.75 Å². The van der Waals surface area contributed by atoms with E-state index >= 15 is 0 Å². The molecule has 0 amide bonds. The van der Waals surface area contributed by atoms with Gasteiger partial charge in [0.2, 0.25) is 0 Å². The van der Waals surface area contributed by atoms with Gasteiger partial charge in [0.15, 0.2) is 11.6 Å². The van der Waals surface area contributed by atoms with Crippen LogP contribution in [0.15, 0.2) is 30.3 Å². The Kier molecular flexibility index (Phi) is 4.25. The van der Waals surface area contributed by atoms with Crippen LogP contribution in [-0.2, 0) is 6.42 Å². The monoisotopic (exact) mass is 284 g/mol. The van der Waals surface area contributed by atoms with Crippen LogP contribution in [0.2, 0.25) is 0 Å². The fourth-order valence-corrected chi connectivity index (χ4v) is 3.02. The molecule has 1 atom stereocenters. The third kappa shape index (κ3) is 2.68. The van der Waals surface area contributed by atoms with E-state index < -0.39 is 0 Å². The Labute approximate surface area is 115 Å². The second-order valence-corrected chi connectivity index (χ2v) is 5.55. The summed E-state index contributed by atoms with van der Waals surface area (Å²) in [5.41, 5.74) is 0.847. The smallest absolute Gasteiger partial charge is 0.165 e. The minimum Gasteiger partial charge on any atom is -0.494 e. The van der Waals surface area contributed by atoms with Gasteiger partial charge in [0.25, 0.3) is 0 Å². The number of rotatable bonds is 4. The zero-order chi connectivity index (χ0) is 13.1. The molecule has 1 unspecified atom stereocenters. The van der Waals surface area contributed by atoms with Gasteiger partial charge in [-0.15, -0.1) is 22.9 Å². The highest BCUT2D eigenvalue weighted by atomic mass is 35.5. The number of aryl methyl sites for hydroxylation is 1. The van der Waals surface area contributed by atoms with Crippen LogP contribution in [0.25, 0.3) is 0 Å². The summed E-state index contributed by atoms with van der Waals surface area (Å²) in [4.78, 5) is 2.37. The maximum atomic E-state index is 13.3. The zero-order valence-electron chi connectivity index (χ0n) is 10.2. The quantitative estimate of drug-likeness (QED) is 0.734. The molecule has 2 rings (SSSR count). The lowest BCUT2D eigenvalue weighted by Gasteiger charge is -2.10. The minimum absolute atomic E-state index is 0.227. The van der Waals surface area contributed by atoms with E-state index in [4.69, 9.17) is 16.3 Å². The molecule has 0 saturated heterocycles. The van der Waals surface area contributed by atoms with Crippen molar-refractivity contribution in [2.45, 2.75) is 18.7 Å². The van der Waals surface area contributed by atoms with Crippen LogP contribution >= 0.6 is 22.9 Å². The van der Waals surface area contributed by atoms with E-state index in [2.05, 4.69) is 13.0 Å². The van der Waals surface area contributed by atoms with Crippen molar-refractivity contribution in [3.05, 3.63) is 51.5 Å². The number of halogens is 2. The average Bonchev–Trinajstić information content (AvgIpc) is 2.87. The van der Waals surface area contributed by atoms with Crippen LogP contribution in [0.3, 0.4) is 0 Å². The molecule has 2 aromatic rings. The van der Waals surface area contributed by atoms with Gasteiger partial charge in [0.1, 0.15) is 0 Å². The number of methoxy groups -OCH3 is 1. The van der Waals surface area contributed by atoms with Gasteiger partial charge in [-0.25, -0.2) is 4.39 Å². The van der Waals surface area contributed by atoms with E-state index in [0.29, 0.717) is 0 Å². The molecule has 0 saturated carbocycles. The molecule has 18 heavy (non-hydrogen) atoms. The summed E-state index contributed by atoms with van der Waals surface area (Å²) in [6, 6.07) is 8.84. The lowest BCUT2D eigenvalue weighted by atomic mass is 10.1. The van der Waals surface area contributed by atoms with Crippen molar-refractivity contribution < 1.29 is 9.13 Å². The first-order valence-corrected chi connectivity index (χ1v) is 6.97. The minimum atomic E-state index is -0.370.